The summed E-state index contributed by atoms with van der Waals surface area (Å²) < 4.78 is 0. The maximum Gasteiger partial charge on any atom is 0.0917 e. The van der Waals surface area contributed by atoms with Crippen LogP contribution in [-0.2, 0) is 6.42 Å². The summed E-state index contributed by atoms with van der Waals surface area (Å²) in [5.74, 6) is 0. The largest absolute Gasteiger partial charge is 0.387 e. The van der Waals surface area contributed by atoms with Crippen molar-refractivity contribution in [2.45, 2.75) is 23.8 Å². The number of hydrogen-bond donors (Lipinski definition) is 1. The molecule has 1 N–H and O–H groups in total. The van der Waals surface area contributed by atoms with Gasteiger partial charge in [0, 0.05) is 9.85 Å². The topological polar surface area (TPSA) is 20.2 Å². The van der Waals surface area contributed by atoms with E-state index in [1.807, 2.05) is 18.2 Å². The second kappa shape index (κ2) is 3.60. The van der Waals surface area contributed by atoms with Crippen LogP contribution in [0.3, 0.4) is 0 Å². The van der Waals surface area contributed by atoms with Gasteiger partial charge >= 0.3 is 0 Å². The minimum absolute atomic E-state index is 0.182. The van der Waals surface area contributed by atoms with Gasteiger partial charge in [-0.3, -0.25) is 0 Å². The molecule has 13 heavy (non-hydrogen) atoms. The summed E-state index contributed by atoms with van der Waals surface area (Å²) in [5.41, 5.74) is 2.19. The lowest BCUT2D eigenvalue weighted by molar-refractivity contribution is 0.165. The zero-order chi connectivity index (χ0) is 9.42. The van der Waals surface area contributed by atoms with E-state index in [-0.39, 0.29) is 10.9 Å². The number of alkyl halides is 1. The van der Waals surface area contributed by atoms with Crippen LogP contribution in [0.15, 0.2) is 18.2 Å². The molecule has 0 fully saturated rings. The summed E-state index contributed by atoms with van der Waals surface area (Å²) in [6, 6.07) is 5.68. The summed E-state index contributed by atoms with van der Waals surface area (Å²) in [6.45, 7) is 0. The average molecular weight is 262 g/mol. The molecule has 2 atom stereocenters. The third-order valence-electron chi connectivity index (χ3n) is 2.46. The molecule has 0 amide bonds. The number of aliphatic hydroxyl groups excluding tert-OH is 1. The molecule has 1 aromatic carbocycles. The molecule has 2 rings (SSSR count). The predicted molar refractivity (Wildman–Crippen MR) is 57.4 cm³/mol. The zero-order valence-electron chi connectivity index (χ0n) is 7.00. The van der Waals surface area contributed by atoms with Crippen molar-refractivity contribution >= 4 is 27.5 Å². The molecule has 1 nitrogen and oxygen atoms in total. The lowest BCUT2D eigenvalue weighted by Gasteiger charge is -2.26. The summed E-state index contributed by atoms with van der Waals surface area (Å²) in [6.07, 6.45) is 1.57. The van der Waals surface area contributed by atoms with Crippen molar-refractivity contribution in [1.82, 2.24) is 0 Å². The first-order valence-electron chi connectivity index (χ1n) is 4.29. The summed E-state index contributed by atoms with van der Waals surface area (Å²) >= 11 is 9.33. The lowest BCUT2D eigenvalue weighted by atomic mass is 9.89. The first kappa shape index (κ1) is 9.50. The molecule has 0 spiro atoms. The molecule has 0 saturated heterocycles. The fourth-order valence-corrected chi connectivity index (χ4v) is 2.43. The second-order valence-electron chi connectivity index (χ2n) is 3.34. The van der Waals surface area contributed by atoms with E-state index in [0.717, 1.165) is 23.4 Å². The Balaban J connectivity index is 2.44. The maximum absolute atomic E-state index is 9.83. The van der Waals surface area contributed by atoms with Gasteiger partial charge in [0.2, 0.25) is 0 Å². The standard InChI is InChI=1S/C10H10BrClO/c11-9-4-1-6-5-7(12)2-3-8(6)10(9)13/h2-3,5,9-10,13H,1,4H2/t9-,10+/m0/s1. The number of hydrogen-bond acceptors (Lipinski definition) is 1. The van der Waals surface area contributed by atoms with Crippen molar-refractivity contribution in [3.05, 3.63) is 34.3 Å². The monoisotopic (exact) mass is 260 g/mol. The number of fused-ring (bicyclic) bond motifs is 1. The molecule has 0 aromatic heterocycles. The SMILES string of the molecule is O[C@@H]1c2ccc(Cl)cc2CC[C@@H]1Br. The molecule has 0 aliphatic heterocycles. The van der Waals surface area contributed by atoms with Gasteiger partial charge in [0.1, 0.15) is 0 Å². The highest BCUT2D eigenvalue weighted by Crippen LogP contribution is 2.35. The molecule has 1 aliphatic rings. The van der Waals surface area contributed by atoms with Crippen molar-refractivity contribution in [2.75, 3.05) is 0 Å². The van der Waals surface area contributed by atoms with Gasteiger partial charge < -0.3 is 5.11 Å². The Hall–Kier alpha value is -0.0500. The zero-order valence-corrected chi connectivity index (χ0v) is 9.35. The number of aliphatic hydroxyl groups is 1. The molecular formula is C10H10BrClO. The minimum atomic E-state index is -0.388. The Bertz CT molecular complexity index is 327. The lowest BCUT2D eigenvalue weighted by Crippen LogP contribution is -2.19. The van der Waals surface area contributed by atoms with Crippen LogP contribution in [0.1, 0.15) is 23.7 Å². The Morgan fingerprint density at radius 2 is 2.23 bits per heavy atom. The van der Waals surface area contributed by atoms with Crippen molar-refractivity contribution < 1.29 is 5.11 Å². The van der Waals surface area contributed by atoms with Crippen molar-refractivity contribution in [1.29, 1.82) is 0 Å². The quantitative estimate of drug-likeness (QED) is 0.712. The van der Waals surface area contributed by atoms with E-state index in [0.29, 0.717) is 0 Å². The highest BCUT2D eigenvalue weighted by molar-refractivity contribution is 9.09. The molecule has 0 bridgehead atoms. The van der Waals surface area contributed by atoms with E-state index in [9.17, 15) is 5.11 Å². The van der Waals surface area contributed by atoms with Gasteiger partial charge in [0.05, 0.1) is 6.10 Å². The number of halogens is 2. The Morgan fingerprint density at radius 1 is 1.46 bits per heavy atom. The predicted octanol–water partition coefficient (Wildman–Crippen LogP) is 3.08. The molecule has 1 aliphatic carbocycles. The summed E-state index contributed by atoms with van der Waals surface area (Å²) in [5, 5.41) is 10.6. The van der Waals surface area contributed by atoms with Crippen LogP contribution in [0.25, 0.3) is 0 Å². The van der Waals surface area contributed by atoms with E-state index >= 15 is 0 Å². The third-order valence-corrected chi connectivity index (χ3v) is 3.65. The first-order valence-corrected chi connectivity index (χ1v) is 5.58. The first-order chi connectivity index (χ1) is 6.18. The van der Waals surface area contributed by atoms with Crippen LogP contribution in [-0.4, -0.2) is 9.93 Å². The molecule has 3 heteroatoms. The van der Waals surface area contributed by atoms with E-state index in [1.165, 1.54) is 5.56 Å². The van der Waals surface area contributed by atoms with Crippen LogP contribution in [0.5, 0.6) is 0 Å². The minimum Gasteiger partial charge on any atom is -0.387 e. The molecule has 0 saturated carbocycles. The number of benzene rings is 1. The van der Waals surface area contributed by atoms with E-state index in [1.54, 1.807) is 0 Å². The molecule has 0 unspecified atom stereocenters. The van der Waals surface area contributed by atoms with Crippen LogP contribution < -0.4 is 0 Å². The smallest absolute Gasteiger partial charge is 0.0917 e. The second-order valence-corrected chi connectivity index (χ2v) is 4.96. The van der Waals surface area contributed by atoms with Crippen LogP contribution in [0, 0.1) is 0 Å². The third kappa shape index (κ3) is 1.76. The van der Waals surface area contributed by atoms with Gasteiger partial charge in [-0.15, -0.1) is 0 Å². The van der Waals surface area contributed by atoms with Gasteiger partial charge in [-0.1, -0.05) is 33.6 Å². The Morgan fingerprint density at radius 3 is 3.00 bits per heavy atom. The molecule has 0 heterocycles. The van der Waals surface area contributed by atoms with Gasteiger partial charge in [-0.25, -0.2) is 0 Å². The maximum atomic E-state index is 9.83. The number of aryl methyl sites for hydroxylation is 1. The fourth-order valence-electron chi connectivity index (χ4n) is 1.73. The van der Waals surface area contributed by atoms with Crippen LogP contribution in [0.4, 0.5) is 0 Å². The van der Waals surface area contributed by atoms with Gasteiger partial charge in [-0.05, 0) is 36.1 Å². The van der Waals surface area contributed by atoms with E-state index < -0.39 is 0 Å². The van der Waals surface area contributed by atoms with E-state index in [2.05, 4.69) is 15.9 Å². The Kier molecular flexibility index (Phi) is 2.63. The van der Waals surface area contributed by atoms with Crippen LogP contribution >= 0.6 is 27.5 Å². The van der Waals surface area contributed by atoms with Crippen molar-refractivity contribution in [2.24, 2.45) is 0 Å². The normalized spacial score (nSPS) is 27.0. The summed E-state index contributed by atoms with van der Waals surface area (Å²) in [7, 11) is 0. The molecular weight excluding hydrogens is 251 g/mol. The van der Waals surface area contributed by atoms with Crippen LogP contribution in [0.2, 0.25) is 5.02 Å². The van der Waals surface area contributed by atoms with Crippen molar-refractivity contribution in [3.63, 3.8) is 0 Å². The molecule has 70 valence electrons. The van der Waals surface area contributed by atoms with Gasteiger partial charge in [0.15, 0.2) is 0 Å². The number of rotatable bonds is 0. The van der Waals surface area contributed by atoms with E-state index in [4.69, 9.17) is 11.6 Å². The fraction of sp³-hybridized carbons (Fsp3) is 0.400. The average Bonchev–Trinajstić information content (AvgIpc) is 2.12. The highest BCUT2D eigenvalue weighted by Gasteiger charge is 2.25. The van der Waals surface area contributed by atoms with Gasteiger partial charge in [-0.2, -0.15) is 0 Å². The highest BCUT2D eigenvalue weighted by atomic mass is 79.9. The molecule has 1 aromatic rings. The summed E-state index contributed by atoms with van der Waals surface area (Å²) in [4.78, 5) is 0.182. The molecule has 0 radical (unpaired) electrons. The Labute approximate surface area is 90.9 Å². The van der Waals surface area contributed by atoms with Gasteiger partial charge in [0.25, 0.3) is 0 Å². The van der Waals surface area contributed by atoms with Crippen molar-refractivity contribution in [3.8, 4) is 0 Å².